The highest BCUT2D eigenvalue weighted by molar-refractivity contribution is 6.08. The van der Waals surface area contributed by atoms with Gasteiger partial charge in [0, 0.05) is 25.5 Å². The average Bonchev–Trinajstić information content (AvgIpc) is 2.91. The van der Waals surface area contributed by atoms with Crippen molar-refractivity contribution >= 4 is 24.2 Å². The van der Waals surface area contributed by atoms with Gasteiger partial charge in [0.05, 0.1) is 17.2 Å². The van der Waals surface area contributed by atoms with Crippen LogP contribution in [-0.4, -0.2) is 47.8 Å². The minimum Gasteiger partial charge on any atom is -0.303 e. The van der Waals surface area contributed by atoms with Crippen LogP contribution in [-0.2, 0) is 4.79 Å². The van der Waals surface area contributed by atoms with Gasteiger partial charge in [-0.2, -0.15) is 4.39 Å². The standard InChI is InChI=1S/C17H19FN4O.ClH/c18-17-11-7-14(23)15(13-9-21-4-1-10(13)2-5-21)12-8-20-22(16(11)12)6-3-19-17;/h3,6-7,10,13,15,20H,1-2,4-5,8-9H2;1H/t13?,15-;/m1./s1. The van der Waals surface area contributed by atoms with Crippen molar-refractivity contribution in [3.63, 3.8) is 0 Å². The van der Waals surface area contributed by atoms with E-state index in [2.05, 4.69) is 15.3 Å². The van der Waals surface area contributed by atoms with Gasteiger partial charge in [-0.3, -0.25) is 9.80 Å². The molecule has 24 heavy (non-hydrogen) atoms. The molecule has 1 unspecified atom stereocenters. The van der Waals surface area contributed by atoms with Gasteiger partial charge < -0.3 is 4.90 Å². The molecule has 2 bridgehead atoms. The first-order valence-electron chi connectivity index (χ1n) is 8.37. The lowest BCUT2D eigenvalue weighted by atomic mass is 9.67. The lowest BCUT2D eigenvalue weighted by molar-refractivity contribution is -0.121. The maximum Gasteiger partial charge on any atom is 0.222 e. The van der Waals surface area contributed by atoms with Crippen molar-refractivity contribution in [1.82, 2.24) is 15.3 Å². The molecule has 0 amide bonds. The van der Waals surface area contributed by atoms with E-state index in [1.54, 1.807) is 6.20 Å². The van der Waals surface area contributed by atoms with Crippen molar-refractivity contribution in [2.24, 2.45) is 22.7 Å². The van der Waals surface area contributed by atoms with Crippen LogP contribution >= 0.6 is 12.4 Å². The first-order chi connectivity index (χ1) is 11.2. The van der Waals surface area contributed by atoms with Crippen LogP contribution in [0.2, 0.25) is 0 Å². The van der Waals surface area contributed by atoms with E-state index < -0.39 is 5.97 Å². The molecule has 3 fully saturated rings. The number of hydrogen-bond acceptors (Lipinski definition) is 5. The Morgan fingerprint density at radius 3 is 2.79 bits per heavy atom. The van der Waals surface area contributed by atoms with E-state index >= 15 is 0 Å². The fourth-order valence-corrected chi connectivity index (χ4v) is 4.90. The van der Waals surface area contributed by atoms with Crippen LogP contribution in [0, 0.1) is 17.8 Å². The monoisotopic (exact) mass is 350 g/mol. The fraction of sp³-hybridized carbons (Fsp3) is 0.529. The van der Waals surface area contributed by atoms with Crippen molar-refractivity contribution in [3.05, 3.63) is 35.3 Å². The summed E-state index contributed by atoms with van der Waals surface area (Å²) in [6.45, 7) is 3.92. The number of piperidine rings is 3. The number of fused-ring (bicyclic) bond motifs is 3. The number of halogens is 2. The third-order valence-electron chi connectivity index (χ3n) is 5.97. The lowest BCUT2D eigenvalue weighted by Gasteiger charge is -2.48. The van der Waals surface area contributed by atoms with E-state index in [-0.39, 0.29) is 24.1 Å². The van der Waals surface area contributed by atoms with Crippen LogP contribution < -0.4 is 5.43 Å². The average molecular weight is 351 g/mol. The van der Waals surface area contributed by atoms with Gasteiger partial charge in [-0.1, -0.05) is 0 Å². The number of nitrogens with zero attached hydrogens (tertiary/aromatic N) is 3. The summed E-state index contributed by atoms with van der Waals surface area (Å²) in [5.41, 5.74) is 5.43. The van der Waals surface area contributed by atoms with Gasteiger partial charge in [-0.25, -0.2) is 10.4 Å². The molecule has 5 heterocycles. The molecule has 7 heteroatoms. The first kappa shape index (κ1) is 16.0. The normalized spacial score (nSPS) is 36.9. The number of aliphatic imine (C=N–C) groups is 1. The second-order valence-corrected chi connectivity index (χ2v) is 7.04. The molecule has 0 aromatic heterocycles. The SMILES string of the molecule is Cl.O=C1C=C2C(F)=NC=CN3NCC(=C23)[C@@H]1C1CN2CCC1CC2. The fourth-order valence-electron chi connectivity index (χ4n) is 4.90. The van der Waals surface area contributed by atoms with Crippen LogP contribution in [0.5, 0.6) is 0 Å². The second-order valence-electron chi connectivity index (χ2n) is 7.04. The quantitative estimate of drug-likeness (QED) is 0.783. The zero-order valence-corrected chi connectivity index (χ0v) is 14.1. The molecule has 6 aliphatic rings. The minimum atomic E-state index is -0.569. The Labute approximate surface area is 146 Å². The van der Waals surface area contributed by atoms with Crippen LogP contribution in [0.3, 0.4) is 0 Å². The van der Waals surface area contributed by atoms with Crippen LogP contribution in [0.4, 0.5) is 4.39 Å². The van der Waals surface area contributed by atoms with E-state index in [0.29, 0.717) is 24.0 Å². The van der Waals surface area contributed by atoms with E-state index in [1.165, 1.54) is 25.1 Å². The summed E-state index contributed by atoms with van der Waals surface area (Å²) in [5.74, 6) is 0.345. The first-order valence-corrected chi connectivity index (χ1v) is 8.37. The van der Waals surface area contributed by atoms with E-state index in [9.17, 15) is 9.18 Å². The Balaban J connectivity index is 0.00000146. The van der Waals surface area contributed by atoms with Crippen LogP contribution in [0.1, 0.15) is 12.8 Å². The van der Waals surface area contributed by atoms with Gasteiger partial charge >= 0.3 is 0 Å². The molecule has 5 aliphatic heterocycles. The number of rotatable bonds is 1. The summed E-state index contributed by atoms with van der Waals surface area (Å²) in [4.78, 5) is 19.1. The number of allylic oxidation sites excluding steroid dienone is 2. The summed E-state index contributed by atoms with van der Waals surface area (Å²) >= 11 is 0. The summed E-state index contributed by atoms with van der Waals surface area (Å²) in [6, 6.07) is 0. The van der Waals surface area contributed by atoms with Crippen molar-refractivity contribution < 1.29 is 9.18 Å². The van der Waals surface area contributed by atoms with Crippen LogP contribution in [0.15, 0.2) is 40.3 Å². The highest BCUT2D eigenvalue weighted by Crippen LogP contribution is 2.45. The number of hydrazine groups is 1. The third kappa shape index (κ3) is 2.20. The van der Waals surface area contributed by atoms with E-state index in [1.807, 2.05) is 5.01 Å². The Morgan fingerprint density at radius 1 is 1.29 bits per heavy atom. The molecule has 6 rings (SSSR count). The highest BCUT2D eigenvalue weighted by atomic mass is 35.5. The van der Waals surface area contributed by atoms with Gasteiger partial charge in [0.15, 0.2) is 5.78 Å². The molecule has 1 aliphatic carbocycles. The molecular formula is C17H20ClFN4O. The Morgan fingerprint density at radius 2 is 2.08 bits per heavy atom. The Hall–Kier alpha value is -1.50. The molecule has 2 atom stereocenters. The highest BCUT2D eigenvalue weighted by Gasteiger charge is 2.47. The van der Waals surface area contributed by atoms with Gasteiger partial charge in [0.25, 0.3) is 0 Å². The van der Waals surface area contributed by atoms with Gasteiger partial charge in [0.1, 0.15) is 0 Å². The molecule has 0 saturated carbocycles. The third-order valence-corrected chi connectivity index (χ3v) is 5.97. The topological polar surface area (TPSA) is 47.9 Å². The van der Waals surface area contributed by atoms with E-state index in [0.717, 1.165) is 30.9 Å². The van der Waals surface area contributed by atoms with Crippen molar-refractivity contribution in [2.75, 3.05) is 26.2 Å². The number of nitrogens with one attached hydrogen (secondary N) is 1. The van der Waals surface area contributed by atoms with Crippen molar-refractivity contribution in [2.45, 2.75) is 12.8 Å². The Kier molecular flexibility index (Phi) is 3.86. The number of hydrogen-bond donors (Lipinski definition) is 1. The second kappa shape index (κ2) is 5.79. The lowest BCUT2D eigenvalue weighted by Crippen LogP contribution is -2.51. The predicted molar refractivity (Wildman–Crippen MR) is 91.0 cm³/mol. The van der Waals surface area contributed by atoms with Gasteiger partial charge in [0.2, 0.25) is 5.97 Å². The minimum absolute atomic E-state index is 0. The van der Waals surface area contributed by atoms with Crippen molar-refractivity contribution in [1.29, 1.82) is 0 Å². The van der Waals surface area contributed by atoms with Crippen molar-refractivity contribution in [3.8, 4) is 0 Å². The molecule has 0 radical (unpaired) electrons. The summed E-state index contributed by atoms with van der Waals surface area (Å²) < 4.78 is 14.2. The Bertz CT molecular complexity index is 705. The number of ketones is 1. The number of carbonyl (C=O) groups excluding carboxylic acids is 1. The largest absolute Gasteiger partial charge is 0.303 e. The molecule has 0 aromatic rings. The summed E-state index contributed by atoms with van der Waals surface area (Å²) in [6.07, 6.45) is 7.01. The molecule has 0 spiro atoms. The smallest absolute Gasteiger partial charge is 0.222 e. The maximum atomic E-state index is 14.2. The van der Waals surface area contributed by atoms with Gasteiger partial charge in [-0.05, 0) is 49.4 Å². The molecule has 3 saturated heterocycles. The molecule has 0 aromatic carbocycles. The zero-order valence-electron chi connectivity index (χ0n) is 13.2. The molecule has 128 valence electrons. The predicted octanol–water partition coefficient (Wildman–Crippen LogP) is 1.80. The van der Waals surface area contributed by atoms with E-state index in [4.69, 9.17) is 0 Å². The summed E-state index contributed by atoms with van der Waals surface area (Å²) in [7, 11) is 0. The molecule has 5 nitrogen and oxygen atoms in total. The molecular weight excluding hydrogens is 331 g/mol. The van der Waals surface area contributed by atoms with Crippen LogP contribution in [0.25, 0.3) is 0 Å². The number of carbonyl (C=O) groups is 1. The zero-order chi connectivity index (χ0) is 15.6. The maximum absolute atomic E-state index is 14.2. The van der Waals surface area contributed by atoms with Gasteiger partial charge in [-0.15, -0.1) is 12.4 Å². The summed E-state index contributed by atoms with van der Waals surface area (Å²) in [5, 5.41) is 1.82. The molecule has 1 N–H and O–H groups in total.